The second-order valence-corrected chi connectivity index (χ2v) is 5.73. The van der Waals surface area contributed by atoms with Crippen molar-refractivity contribution in [3.05, 3.63) is 71.1 Å². The van der Waals surface area contributed by atoms with Gasteiger partial charge in [0.25, 0.3) is 5.91 Å². The number of primary amides is 1. The van der Waals surface area contributed by atoms with E-state index in [4.69, 9.17) is 5.73 Å². The number of nitrogens with zero attached hydrogens (tertiary/aromatic N) is 3. The molecule has 3 N–H and O–H groups in total. The molecule has 1 aromatic heterocycles. The lowest BCUT2D eigenvalue weighted by molar-refractivity contribution is -0.137. The first-order valence-corrected chi connectivity index (χ1v) is 7.76. The number of aromatic nitrogens is 3. The summed E-state index contributed by atoms with van der Waals surface area (Å²) in [5.41, 5.74) is 4.76. The molecule has 0 aliphatic rings. The Morgan fingerprint density at radius 1 is 1.11 bits per heavy atom. The van der Waals surface area contributed by atoms with Gasteiger partial charge in [-0.15, -0.1) is 5.10 Å². The predicted octanol–water partition coefficient (Wildman–Crippen LogP) is 3.28. The maximum Gasteiger partial charge on any atom is 0.416 e. The number of alkyl halides is 3. The van der Waals surface area contributed by atoms with E-state index in [0.29, 0.717) is 17.4 Å². The van der Waals surface area contributed by atoms with E-state index in [1.807, 2.05) is 0 Å². The fraction of sp³-hybridized carbons (Fsp3) is 0.118. The van der Waals surface area contributed by atoms with Crippen molar-refractivity contribution in [2.75, 3.05) is 5.32 Å². The zero-order chi connectivity index (χ0) is 20.5. The van der Waals surface area contributed by atoms with E-state index >= 15 is 0 Å². The topological polar surface area (TPSA) is 85.8 Å². The number of rotatable bonds is 5. The van der Waals surface area contributed by atoms with Crippen molar-refractivity contribution >= 4 is 11.6 Å². The van der Waals surface area contributed by atoms with E-state index in [1.165, 1.54) is 18.3 Å². The van der Waals surface area contributed by atoms with Crippen LogP contribution in [0.25, 0.3) is 5.69 Å². The highest BCUT2D eigenvalue weighted by molar-refractivity contribution is 5.96. The highest BCUT2D eigenvalue weighted by Crippen LogP contribution is 2.29. The molecule has 0 saturated heterocycles. The summed E-state index contributed by atoms with van der Waals surface area (Å²) in [6, 6.07) is 5.80. The third-order valence-electron chi connectivity index (χ3n) is 3.78. The number of carbonyl (C=O) groups excluding carboxylic acids is 1. The van der Waals surface area contributed by atoms with Crippen LogP contribution in [-0.2, 0) is 12.7 Å². The van der Waals surface area contributed by atoms with E-state index in [2.05, 4.69) is 15.6 Å². The maximum atomic E-state index is 13.5. The molecule has 2 aromatic carbocycles. The van der Waals surface area contributed by atoms with Crippen molar-refractivity contribution in [3.63, 3.8) is 0 Å². The first-order valence-electron chi connectivity index (χ1n) is 7.76. The van der Waals surface area contributed by atoms with Gasteiger partial charge in [0.2, 0.25) is 0 Å². The first kappa shape index (κ1) is 19.3. The summed E-state index contributed by atoms with van der Waals surface area (Å²) in [6.45, 7) is 0.0843. The summed E-state index contributed by atoms with van der Waals surface area (Å²) in [5, 5.41) is 10.4. The molecule has 0 fully saturated rings. The third-order valence-corrected chi connectivity index (χ3v) is 3.78. The molecule has 0 atom stereocenters. The molecule has 0 aliphatic carbocycles. The summed E-state index contributed by atoms with van der Waals surface area (Å²) < 4.78 is 65.6. The molecule has 0 spiro atoms. The minimum Gasteiger partial charge on any atom is -0.379 e. The molecule has 0 unspecified atom stereocenters. The van der Waals surface area contributed by atoms with E-state index in [1.54, 1.807) is 0 Å². The molecule has 28 heavy (non-hydrogen) atoms. The van der Waals surface area contributed by atoms with Crippen LogP contribution in [0.2, 0.25) is 0 Å². The van der Waals surface area contributed by atoms with Gasteiger partial charge in [-0.25, -0.2) is 13.5 Å². The Balaban J connectivity index is 1.76. The van der Waals surface area contributed by atoms with Gasteiger partial charge in [-0.05, 0) is 30.3 Å². The average Bonchev–Trinajstić information content (AvgIpc) is 3.10. The van der Waals surface area contributed by atoms with Crippen LogP contribution >= 0.6 is 0 Å². The number of nitrogens with two attached hydrogens (primary N) is 1. The van der Waals surface area contributed by atoms with Crippen molar-refractivity contribution in [3.8, 4) is 5.69 Å². The van der Waals surface area contributed by atoms with Gasteiger partial charge in [-0.1, -0.05) is 5.21 Å². The number of benzene rings is 2. The summed E-state index contributed by atoms with van der Waals surface area (Å²) in [7, 11) is 0. The Hall–Kier alpha value is -3.50. The lowest BCUT2D eigenvalue weighted by Gasteiger charge is -2.08. The van der Waals surface area contributed by atoms with E-state index in [-0.39, 0.29) is 17.8 Å². The van der Waals surface area contributed by atoms with Crippen LogP contribution in [0.15, 0.2) is 42.6 Å². The van der Waals surface area contributed by atoms with Crippen LogP contribution in [0.1, 0.15) is 21.6 Å². The Labute approximate surface area is 154 Å². The largest absolute Gasteiger partial charge is 0.416 e. The summed E-state index contributed by atoms with van der Waals surface area (Å²) in [4.78, 5) is 11.5. The third kappa shape index (κ3) is 4.08. The maximum absolute atomic E-state index is 13.5. The number of nitrogens with one attached hydrogen (secondary N) is 1. The van der Waals surface area contributed by atoms with Crippen LogP contribution < -0.4 is 11.1 Å². The van der Waals surface area contributed by atoms with Crippen LogP contribution in [-0.4, -0.2) is 20.9 Å². The molecular weight excluding hydrogens is 385 g/mol. The standard InChI is InChI=1S/C17H12F5N5O/c18-13-5-12(16(23)28)15(6-14(13)19)27-8-11(25-26-27)7-24-10-3-1-9(2-4-10)17(20,21)22/h1-6,8,24H,7H2,(H2,23,28). The molecule has 6 nitrogen and oxygen atoms in total. The van der Waals surface area contributed by atoms with Crippen molar-refractivity contribution in [1.29, 1.82) is 0 Å². The second kappa shape index (κ2) is 7.25. The number of halogens is 5. The number of hydrogen-bond donors (Lipinski definition) is 2. The lowest BCUT2D eigenvalue weighted by Crippen LogP contribution is -2.16. The molecule has 0 bridgehead atoms. The van der Waals surface area contributed by atoms with E-state index in [9.17, 15) is 26.7 Å². The van der Waals surface area contributed by atoms with Gasteiger partial charge >= 0.3 is 6.18 Å². The number of amides is 1. The van der Waals surface area contributed by atoms with Gasteiger partial charge in [0.1, 0.15) is 5.69 Å². The van der Waals surface area contributed by atoms with Crippen molar-refractivity contribution in [2.45, 2.75) is 12.7 Å². The van der Waals surface area contributed by atoms with Crippen molar-refractivity contribution in [2.24, 2.45) is 5.73 Å². The van der Waals surface area contributed by atoms with Crippen LogP contribution in [0.5, 0.6) is 0 Å². The summed E-state index contributed by atoms with van der Waals surface area (Å²) >= 11 is 0. The summed E-state index contributed by atoms with van der Waals surface area (Å²) in [6.07, 6.45) is -3.08. The molecule has 3 aromatic rings. The smallest absolute Gasteiger partial charge is 0.379 e. The highest BCUT2D eigenvalue weighted by Gasteiger charge is 2.29. The van der Waals surface area contributed by atoms with Crippen LogP contribution in [0.3, 0.4) is 0 Å². The molecule has 0 radical (unpaired) electrons. The van der Waals surface area contributed by atoms with E-state index in [0.717, 1.165) is 22.9 Å². The first-order chi connectivity index (χ1) is 13.1. The molecule has 1 amide bonds. The summed E-state index contributed by atoms with van der Waals surface area (Å²) in [5.74, 6) is -3.41. The highest BCUT2D eigenvalue weighted by atomic mass is 19.4. The molecule has 1 heterocycles. The minimum atomic E-state index is -4.43. The fourth-order valence-electron chi connectivity index (χ4n) is 2.39. The van der Waals surface area contributed by atoms with Crippen LogP contribution in [0.4, 0.5) is 27.6 Å². The lowest BCUT2D eigenvalue weighted by atomic mass is 10.1. The molecular formula is C17H12F5N5O. The van der Waals surface area contributed by atoms with Gasteiger partial charge in [-0.2, -0.15) is 13.2 Å². The Kier molecular flexibility index (Phi) is 4.99. The Morgan fingerprint density at radius 2 is 1.75 bits per heavy atom. The fourth-order valence-corrected chi connectivity index (χ4v) is 2.39. The molecule has 146 valence electrons. The van der Waals surface area contributed by atoms with Crippen molar-refractivity contribution in [1.82, 2.24) is 15.0 Å². The SMILES string of the molecule is NC(=O)c1cc(F)c(F)cc1-n1cc(CNc2ccc(C(F)(F)F)cc2)nn1. The number of hydrogen-bond acceptors (Lipinski definition) is 4. The zero-order valence-electron chi connectivity index (χ0n) is 14.0. The molecule has 3 rings (SSSR count). The van der Waals surface area contributed by atoms with Gasteiger partial charge < -0.3 is 11.1 Å². The second-order valence-electron chi connectivity index (χ2n) is 5.73. The van der Waals surface area contributed by atoms with Gasteiger partial charge in [0.15, 0.2) is 11.6 Å². The Morgan fingerprint density at radius 3 is 2.36 bits per heavy atom. The monoisotopic (exact) mass is 397 g/mol. The number of anilines is 1. The Bertz CT molecular complexity index is 1010. The van der Waals surface area contributed by atoms with Gasteiger partial charge in [-0.3, -0.25) is 4.79 Å². The minimum absolute atomic E-state index is 0.0843. The number of carbonyl (C=O) groups is 1. The van der Waals surface area contributed by atoms with Gasteiger partial charge in [0.05, 0.1) is 29.6 Å². The van der Waals surface area contributed by atoms with Crippen LogP contribution in [0, 0.1) is 11.6 Å². The average molecular weight is 397 g/mol. The van der Waals surface area contributed by atoms with E-state index < -0.39 is 29.3 Å². The molecule has 11 heteroatoms. The zero-order valence-corrected chi connectivity index (χ0v) is 14.0. The molecule has 0 aliphatic heterocycles. The predicted molar refractivity (Wildman–Crippen MR) is 88.6 cm³/mol. The molecule has 0 saturated carbocycles. The van der Waals surface area contributed by atoms with Gasteiger partial charge in [0, 0.05) is 11.8 Å². The normalized spacial score (nSPS) is 11.5. The quantitative estimate of drug-likeness (QED) is 0.647. The van der Waals surface area contributed by atoms with Crippen molar-refractivity contribution < 1.29 is 26.7 Å².